The van der Waals surface area contributed by atoms with Crippen LogP contribution in [0.25, 0.3) is 16.9 Å². The first-order valence-corrected chi connectivity index (χ1v) is 8.04. The average Bonchev–Trinajstić information content (AvgIpc) is 3.23. The number of hydrogen-bond acceptors (Lipinski definition) is 4. The van der Waals surface area contributed by atoms with Crippen LogP contribution in [-0.2, 0) is 6.54 Å². The van der Waals surface area contributed by atoms with Crippen molar-refractivity contribution in [1.29, 1.82) is 0 Å². The van der Waals surface area contributed by atoms with Crippen LogP contribution < -0.4 is 5.32 Å². The van der Waals surface area contributed by atoms with Gasteiger partial charge in [-0.05, 0) is 23.6 Å². The quantitative estimate of drug-likeness (QED) is 0.611. The summed E-state index contributed by atoms with van der Waals surface area (Å²) < 4.78 is 15.9. The highest BCUT2D eigenvalue weighted by Crippen LogP contribution is 2.25. The van der Waals surface area contributed by atoms with Crippen molar-refractivity contribution in [1.82, 2.24) is 14.4 Å². The van der Waals surface area contributed by atoms with E-state index in [1.807, 2.05) is 21.9 Å². The summed E-state index contributed by atoms with van der Waals surface area (Å²) >= 11 is 1.68. The molecule has 0 aliphatic carbocycles. The van der Waals surface area contributed by atoms with Crippen LogP contribution in [-0.4, -0.2) is 14.4 Å². The highest BCUT2D eigenvalue weighted by atomic mass is 32.1. The smallest absolute Gasteiger partial charge is 0.180 e. The molecule has 1 aromatic carbocycles. The third kappa shape index (κ3) is 2.57. The highest BCUT2D eigenvalue weighted by Gasteiger charge is 2.12. The minimum absolute atomic E-state index is 0.265. The van der Waals surface area contributed by atoms with E-state index in [9.17, 15) is 4.39 Å². The van der Waals surface area contributed by atoms with Gasteiger partial charge in [0.2, 0.25) is 0 Å². The van der Waals surface area contributed by atoms with Gasteiger partial charge in [-0.25, -0.2) is 14.4 Å². The molecule has 0 saturated carbocycles. The van der Waals surface area contributed by atoms with Crippen molar-refractivity contribution in [2.24, 2.45) is 0 Å². The lowest BCUT2D eigenvalue weighted by molar-refractivity contribution is 0.630. The standard InChI is InChI=1S/C17H13FN4S/c18-14-6-2-1-5-13(14)15-11-21-17-16(19-7-8-22(15)17)20-10-12-4-3-9-23-12/h1-9,11H,10H2,(H,19,20). The zero-order valence-corrected chi connectivity index (χ0v) is 12.9. The number of fused-ring (bicyclic) bond motifs is 1. The molecule has 0 spiro atoms. The fourth-order valence-electron chi connectivity index (χ4n) is 2.50. The van der Waals surface area contributed by atoms with Gasteiger partial charge in [-0.1, -0.05) is 18.2 Å². The molecule has 3 aromatic heterocycles. The zero-order valence-electron chi connectivity index (χ0n) is 12.1. The Kier molecular flexibility index (Phi) is 3.51. The third-order valence-electron chi connectivity index (χ3n) is 3.59. The van der Waals surface area contributed by atoms with Crippen molar-refractivity contribution in [2.45, 2.75) is 6.54 Å². The van der Waals surface area contributed by atoms with Crippen LogP contribution in [0.5, 0.6) is 0 Å². The normalized spacial score (nSPS) is 11.0. The van der Waals surface area contributed by atoms with Crippen LogP contribution in [0.3, 0.4) is 0 Å². The molecule has 6 heteroatoms. The number of rotatable bonds is 4. The van der Waals surface area contributed by atoms with E-state index in [-0.39, 0.29) is 5.82 Å². The van der Waals surface area contributed by atoms with Crippen LogP contribution in [0.1, 0.15) is 4.88 Å². The molecular formula is C17H13FN4S. The molecule has 1 N–H and O–H groups in total. The molecule has 0 radical (unpaired) electrons. The molecule has 0 unspecified atom stereocenters. The predicted molar refractivity (Wildman–Crippen MR) is 90.0 cm³/mol. The monoisotopic (exact) mass is 324 g/mol. The number of halogens is 1. The molecule has 23 heavy (non-hydrogen) atoms. The van der Waals surface area contributed by atoms with Crippen molar-refractivity contribution in [3.8, 4) is 11.3 Å². The SMILES string of the molecule is Fc1ccccc1-c1cnc2c(NCc3cccs3)nccn12. The molecule has 0 aliphatic heterocycles. The fourth-order valence-corrected chi connectivity index (χ4v) is 3.14. The van der Waals surface area contributed by atoms with Gasteiger partial charge in [-0.3, -0.25) is 4.40 Å². The van der Waals surface area contributed by atoms with Crippen LogP contribution in [0.2, 0.25) is 0 Å². The van der Waals surface area contributed by atoms with E-state index in [1.165, 1.54) is 10.9 Å². The topological polar surface area (TPSA) is 42.2 Å². The molecule has 0 atom stereocenters. The molecule has 0 saturated heterocycles. The van der Waals surface area contributed by atoms with E-state index in [0.717, 1.165) is 0 Å². The van der Waals surface area contributed by atoms with Gasteiger partial charge < -0.3 is 5.32 Å². The zero-order chi connectivity index (χ0) is 15.6. The first-order chi connectivity index (χ1) is 11.3. The molecule has 0 bridgehead atoms. The summed E-state index contributed by atoms with van der Waals surface area (Å²) in [5.41, 5.74) is 1.91. The number of thiophene rings is 1. The molecule has 114 valence electrons. The maximum Gasteiger partial charge on any atom is 0.180 e. The molecule has 4 rings (SSSR count). The Hall–Kier alpha value is -2.73. The Bertz CT molecular complexity index is 946. The molecule has 4 nitrogen and oxygen atoms in total. The Morgan fingerprint density at radius 3 is 2.87 bits per heavy atom. The van der Waals surface area contributed by atoms with Gasteiger partial charge in [-0.15, -0.1) is 11.3 Å². The Balaban J connectivity index is 1.73. The van der Waals surface area contributed by atoms with Crippen molar-refractivity contribution in [3.05, 3.63) is 71.1 Å². The van der Waals surface area contributed by atoms with Crippen LogP contribution in [0, 0.1) is 5.82 Å². The van der Waals surface area contributed by atoms with Gasteiger partial charge in [0.15, 0.2) is 11.5 Å². The molecular weight excluding hydrogens is 311 g/mol. The summed E-state index contributed by atoms with van der Waals surface area (Å²) in [6.45, 7) is 0.687. The minimum Gasteiger partial charge on any atom is -0.362 e. The van der Waals surface area contributed by atoms with Crippen molar-refractivity contribution in [3.63, 3.8) is 0 Å². The Labute approximate surface area is 136 Å². The van der Waals surface area contributed by atoms with Gasteiger partial charge in [0, 0.05) is 22.8 Å². The van der Waals surface area contributed by atoms with Gasteiger partial charge >= 0.3 is 0 Å². The largest absolute Gasteiger partial charge is 0.362 e. The molecule has 3 heterocycles. The van der Waals surface area contributed by atoms with E-state index in [2.05, 4.69) is 21.4 Å². The lowest BCUT2D eigenvalue weighted by Crippen LogP contribution is -2.03. The van der Waals surface area contributed by atoms with Crippen molar-refractivity contribution in [2.75, 3.05) is 5.32 Å². The van der Waals surface area contributed by atoms with Crippen LogP contribution in [0.4, 0.5) is 10.2 Å². The lowest BCUT2D eigenvalue weighted by Gasteiger charge is -2.07. The second kappa shape index (κ2) is 5.81. The summed E-state index contributed by atoms with van der Waals surface area (Å²) in [6, 6.07) is 10.8. The number of nitrogens with one attached hydrogen (secondary N) is 1. The summed E-state index contributed by atoms with van der Waals surface area (Å²) in [6.07, 6.45) is 5.15. The molecule has 0 aliphatic rings. The first-order valence-electron chi connectivity index (χ1n) is 7.16. The van der Waals surface area contributed by atoms with E-state index in [1.54, 1.807) is 42.1 Å². The molecule has 0 amide bonds. The van der Waals surface area contributed by atoms with Crippen molar-refractivity contribution < 1.29 is 4.39 Å². The number of anilines is 1. The highest BCUT2D eigenvalue weighted by molar-refractivity contribution is 7.09. The minimum atomic E-state index is -0.265. The summed E-state index contributed by atoms with van der Waals surface area (Å²) in [4.78, 5) is 9.98. The summed E-state index contributed by atoms with van der Waals surface area (Å²) in [5.74, 6) is 0.419. The maximum absolute atomic E-state index is 14.0. The Morgan fingerprint density at radius 2 is 2.04 bits per heavy atom. The Morgan fingerprint density at radius 1 is 1.13 bits per heavy atom. The van der Waals surface area contributed by atoms with Gasteiger partial charge in [-0.2, -0.15) is 0 Å². The summed E-state index contributed by atoms with van der Waals surface area (Å²) in [5, 5.41) is 5.33. The average molecular weight is 324 g/mol. The number of imidazole rings is 1. The lowest BCUT2D eigenvalue weighted by atomic mass is 10.1. The van der Waals surface area contributed by atoms with Crippen LogP contribution in [0.15, 0.2) is 60.4 Å². The number of nitrogens with zero attached hydrogens (tertiary/aromatic N) is 3. The van der Waals surface area contributed by atoms with Gasteiger partial charge in [0.1, 0.15) is 5.82 Å². The third-order valence-corrected chi connectivity index (χ3v) is 4.46. The number of aromatic nitrogens is 3. The number of hydrogen-bond donors (Lipinski definition) is 1. The van der Waals surface area contributed by atoms with Gasteiger partial charge in [0.05, 0.1) is 18.4 Å². The van der Waals surface area contributed by atoms with E-state index in [4.69, 9.17) is 0 Å². The maximum atomic E-state index is 14.0. The molecule has 0 fully saturated rings. The number of benzene rings is 1. The van der Waals surface area contributed by atoms with Crippen molar-refractivity contribution >= 4 is 22.8 Å². The van der Waals surface area contributed by atoms with Crippen LogP contribution >= 0.6 is 11.3 Å². The predicted octanol–water partition coefficient (Wildman–Crippen LogP) is 4.21. The van der Waals surface area contributed by atoms with E-state index >= 15 is 0 Å². The van der Waals surface area contributed by atoms with E-state index in [0.29, 0.717) is 29.3 Å². The van der Waals surface area contributed by atoms with Gasteiger partial charge in [0.25, 0.3) is 0 Å². The second-order valence-electron chi connectivity index (χ2n) is 5.03. The second-order valence-corrected chi connectivity index (χ2v) is 6.06. The summed E-state index contributed by atoms with van der Waals surface area (Å²) in [7, 11) is 0. The fraction of sp³-hybridized carbons (Fsp3) is 0.0588. The van der Waals surface area contributed by atoms with E-state index < -0.39 is 0 Å². The molecule has 4 aromatic rings. The first kappa shape index (κ1) is 13.9.